The highest BCUT2D eigenvalue weighted by Gasteiger charge is 2.49. The molecule has 0 spiro atoms. The summed E-state index contributed by atoms with van der Waals surface area (Å²) >= 11 is 3.56. The third-order valence-electron chi connectivity index (χ3n) is 4.91. The maximum Gasteiger partial charge on any atom is 0.278 e. The number of allylic oxidation sites excluding steroid dienone is 2. The first-order valence-electron chi connectivity index (χ1n) is 8.16. The molecule has 0 amide bonds. The quantitative estimate of drug-likeness (QED) is 0.416. The van der Waals surface area contributed by atoms with Gasteiger partial charge in [-0.3, -0.25) is 10.1 Å². The topological polar surface area (TPSA) is 127 Å². The molecular weight excluding hydrogens is 410 g/mol. The lowest BCUT2D eigenvalue weighted by atomic mass is 9.81. The highest BCUT2D eigenvalue weighted by molar-refractivity contribution is 9.10. The van der Waals surface area contributed by atoms with Crippen LogP contribution in [0, 0.1) is 51.0 Å². The minimum Gasteiger partial charge on any atom is -0.344 e. The molecule has 2 rings (SSSR count). The number of benzene rings is 1. The van der Waals surface area contributed by atoms with Crippen molar-refractivity contribution >= 4 is 27.3 Å². The van der Waals surface area contributed by atoms with Crippen LogP contribution in [0.25, 0.3) is 0 Å². The minimum atomic E-state index is -0.403. The SMILES string of the molecule is Cc1c(NC(C#N)=C(C#N)C#N)c(Br)c2c(c1[N+](=O)[O-])C(C)(C)CC2(C)C. The average Bonchev–Trinajstić information content (AvgIpc) is 2.74. The number of nitrogens with zero attached hydrogens (tertiary/aromatic N) is 4. The van der Waals surface area contributed by atoms with Gasteiger partial charge in [0.25, 0.3) is 5.69 Å². The van der Waals surface area contributed by atoms with E-state index in [1.54, 1.807) is 25.1 Å². The maximum absolute atomic E-state index is 11.9. The van der Waals surface area contributed by atoms with E-state index in [-0.39, 0.29) is 22.4 Å². The third kappa shape index (κ3) is 3.16. The fourth-order valence-electron chi connectivity index (χ4n) is 4.18. The number of hydrogen-bond acceptors (Lipinski definition) is 6. The predicted molar refractivity (Wildman–Crippen MR) is 104 cm³/mol. The number of nitro benzene ring substituents is 1. The van der Waals surface area contributed by atoms with Gasteiger partial charge in [0.1, 0.15) is 23.9 Å². The molecule has 0 fully saturated rings. The number of halogens is 1. The molecule has 27 heavy (non-hydrogen) atoms. The molecule has 1 aliphatic carbocycles. The van der Waals surface area contributed by atoms with Crippen molar-refractivity contribution in [3.63, 3.8) is 0 Å². The molecule has 0 bridgehead atoms. The first kappa shape index (κ1) is 20.4. The Labute approximate surface area is 166 Å². The Hall–Kier alpha value is -2.89. The van der Waals surface area contributed by atoms with Crippen molar-refractivity contribution in [3.05, 3.63) is 42.5 Å². The van der Waals surface area contributed by atoms with Gasteiger partial charge in [0, 0.05) is 10.0 Å². The summed E-state index contributed by atoms with van der Waals surface area (Å²) in [5, 5.41) is 42.1. The second-order valence-electron chi connectivity index (χ2n) is 7.82. The van der Waals surface area contributed by atoms with Crippen LogP contribution in [0.3, 0.4) is 0 Å². The lowest BCUT2D eigenvalue weighted by Gasteiger charge is -2.23. The molecule has 0 aliphatic heterocycles. The van der Waals surface area contributed by atoms with Gasteiger partial charge in [0.2, 0.25) is 0 Å². The number of anilines is 1. The molecule has 0 saturated heterocycles. The van der Waals surface area contributed by atoms with Gasteiger partial charge in [-0.05, 0) is 45.7 Å². The zero-order chi connectivity index (χ0) is 20.7. The van der Waals surface area contributed by atoms with Gasteiger partial charge in [0.05, 0.1) is 16.2 Å². The summed E-state index contributed by atoms with van der Waals surface area (Å²) < 4.78 is 0.610. The summed E-state index contributed by atoms with van der Waals surface area (Å²) in [6.07, 6.45) is 0.722. The van der Waals surface area contributed by atoms with E-state index in [1.807, 2.05) is 27.7 Å². The van der Waals surface area contributed by atoms with Crippen LogP contribution in [0.15, 0.2) is 15.7 Å². The Morgan fingerprint density at radius 2 is 1.63 bits per heavy atom. The van der Waals surface area contributed by atoms with Crippen molar-refractivity contribution in [2.45, 2.75) is 51.9 Å². The van der Waals surface area contributed by atoms with Crippen molar-refractivity contribution in [1.29, 1.82) is 15.8 Å². The highest BCUT2D eigenvalue weighted by Crippen LogP contribution is 2.58. The van der Waals surface area contributed by atoms with Crippen LogP contribution in [0.1, 0.15) is 50.8 Å². The van der Waals surface area contributed by atoms with E-state index in [4.69, 9.17) is 10.5 Å². The average molecular weight is 428 g/mol. The maximum atomic E-state index is 11.9. The monoisotopic (exact) mass is 427 g/mol. The number of nitro groups is 1. The summed E-state index contributed by atoms with van der Waals surface area (Å²) in [4.78, 5) is 11.5. The third-order valence-corrected chi connectivity index (χ3v) is 5.70. The van der Waals surface area contributed by atoms with E-state index < -0.39 is 10.3 Å². The molecule has 1 aromatic rings. The Morgan fingerprint density at radius 1 is 1.11 bits per heavy atom. The van der Waals surface area contributed by atoms with Crippen molar-refractivity contribution in [1.82, 2.24) is 0 Å². The van der Waals surface area contributed by atoms with E-state index in [0.29, 0.717) is 21.3 Å². The molecule has 0 saturated carbocycles. The zero-order valence-corrected chi connectivity index (χ0v) is 17.3. The second-order valence-corrected chi connectivity index (χ2v) is 8.62. The summed E-state index contributed by atoms with van der Waals surface area (Å²) in [6, 6.07) is 5.12. The second kappa shape index (κ2) is 6.68. The molecule has 1 aromatic carbocycles. The van der Waals surface area contributed by atoms with Crippen LogP contribution in [-0.2, 0) is 10.8 Å². The number of nitrogens with one attached hydrogen (secondary N) is 1. The van der Waals surface area contributed by atoms with Crippen molar-refractivity contribution in [2.24, 2.45) is 0 Å². The first-order valence-corrected chi connectivity index (χ1v) is 8.95. The normalized spacial score (nSPS) is 15.7. The molecule has 0 aromatic heterocycles. The van der Waals surface area contributed by atoms with Crippen molar-refractivity contribution in [2.75, 3.05) is 5.32 Å². The van der Waals surface area contributed by atoms with Gasteiger partial charge < -0.3 is 5.32 Å². The Kier molecular flexibility index (Phi) is 5.06. The predicted octanol–water partition coefficient (Wildman–Crippen LogP) is 4.86. The summed E-state index contributed by atoms with van der Waals surface area (Å²) in [5.74, 6) is 0. The number of hydrogen-bond donors (Lipinski definition) is 1. The van der Waals surface area contributed by atoms with Gasteiger partial charge >= 0.3 is 0 Å². The number of nitriles is 3. The zero-order valence-electron chi connectivity index (χ0n) is 15.7. The smallest absolute Gasteiger partial charge is 0.278 e. The minimum absolute atomic E-state index is 0.000898. The van der Waals surface area contributed by atoms with Gasteiger partial charge in [-0.25, -0.2) is 0 Å². The first-order chi connectivity index (χ1) is 12.4. The molecule has 0 unspecified atom stereocenters. The van der Waals surface area contributed by atoms with Gasteiger partial charge in [-0.15, -0.1) is 0 Å². The Morgan fingerprint density at radius 3 is 2.07 bits per heavy atom. The van der Waals surface area contributed by atoms with Gasteiger partial charge in [-0.1, -0.05) is 27.7 Å². The summed E-state index contributed by atoms with van der Waals surface area (Å²) in [5.41, 5.74) is 0.793. The summed E-state index contributed by atoms with van der Waals surface area (Å²) in [6.45, 7) is 9.60. The largest absolute Gasteiger partial charge is 0.344 e. The van der Waals surface area contributed by atoms with Crippen LogP contribution in [0.4, 0.5) is 11.4 Å². The molecule has 138 valence electrons. The number of rotatable bonds is 3. The lowest BCUT2D eigenvalue weighted by Crippen LogP contribution is -2.18. The van der Waals surface area contributed by atoms with E-state index in [2.05, 4.69) is 21.2 Å². The van der Waals surface area contributed by atoms with E-state index in [9.17, 15) is 15.4 Å². The van der Waals surface area contributed by atoms with Crippen LogP contribution >= 0.6 is 15.9 Å². The molecule has 7 nitrogen and oxygen atoms in total. The van der Waals surface area contributed by atoms with Crippen LogP contribution in [0.5, 0.6) is 0 Å². The fraction of sp³-hybridized carbons (Fsp3) is 0.421. The lowest BCUT2D eigenvalue weighted by molar-refractivity contribution is -0.386. The molecule has 0 atom stereocenters. The van der Waals surface area contributed by atoms with Crippen LogP contribution in [-0.4, -0.2) is 4.92 Å². The van der Waals surface area contributed by atoms with E-state index in [0.717, 1.165) is 12.0 Å². The van der Waals surface area contributed by atoms with Crippen LogP contribution in [0.2, 0.25) is 0 Å². The Bertz CT molecular complexity index is 1000. The number of fused-ring (bicyclic) bond motifs is 1. The fourth-order valence-corrected chi connectivity index (χ4v) is 5.32. The molecule has 1 aliphatic rings. The van der Waals surface area contributed by atoms with Gasteiger partial charge in [-0.2, -0.15) is 15.8 Å². The Balaban J connectivity index is 2.94. The molecule has 8 heteroatoms. The van der Waals surface area contributed by atoms with E-state index >= 15 is 0 Å². The van der Waals surface area contributed by atoms with Crippen LogP contribution < -0.4 is 5.32 Å². The molecular formula is C19H18BrN5O2. The highest BCUT2D eigenvalue weighted by atomic mass is 79.9. The summed E-state index contributed by atoms with van der Waals surface area (Å²) in [7, 11) is 0. The molecule has 0 heterocycles. The van der Waals surface area contributed by atoms with E-state index in [1.165, 1.54) is 0 Å². The molecule has 0 radical (unpaired) electrons. The van der Waals surface area contributed by atoms with Gasteiger partial charge in [0.15, 0.2) is 5.57 Å². The van der Waals surface area contributed by atoms with Crippen molar-refractivity contribution < 1.29 is 4.92 Å². The molecule has 1 N–H and O–H groups in total. The standard InChI is InChI=1S/C19H18BrN5O2/c1-10-16(24-12(8-23)11(6-21)7-22)15(20)13-14(17(10)25(26)27)19(4,5)9-18(13,2)3/h24H,9H2,1-5H3. The van der Waals surface area contributed by atoms with Crippen molar-refractivity contribution in [3.8, 4) is 18.2 Å².